The first-order valence-electron chi connectivity index (χ1n) is 6.14. The van der Waals surface area contributed by atoms with Crippen LogP contribution in [-0.2, 0) is 11.3 Å². The van der Waals surface area contributed by atoms with Gasteiger partial charge in [-0.05, 0) is 13.8 Å². The molecule has 1 N–H and O–H groups in total. The molecule has 1 aromatic rings. The van der Waals surface area contributed by atoms with E-state index in [0.717, 1.165) is 13.1 Å². The van der Waals surface area contributed by atoms with Crippen molar-refractivity contribution >= 4 is 30.7 Å². The molecule has 1 saturated heterocycles. The van der Waals surface area contributed by atoms with Gasteiger partial charge in [-0.25, -0.2) is 4.98 Å². The SMILES string of the molecule is CC1CN(C(=O)CCn2ccnc2)CC(C)N1.Cl.Cl. The minimum absolute atomic E-state index is 0. The highest BCUT2D eigenvalue weighted by Crippen LogP contribution is 2.06. The van der Waals surface area contributed by atoms with Gasteiger partial charge in [-0.1, -0.05) is 0 Å². The van der Waals surface area contributed by atoms with Crippen LogP contribution < -0.4 is 5.32 Å². The van der Waals surface area contributed by atoms with E-state index in [1.54, 1.807) is 12.5 Å². The smallest absolute Gasteiger partial charge is 0.224 e. The Labute approximate surface area is 126 Å². The average Bonchev–Trinajstić information content (AvgIpc) is 2.77. The number of rotatable bonds is 3. The summed E-state index contributed by atoms with van der Waals surface area (Å²) in [5.74, 6) is 0.235. The van der Waals surface area contributed by atoms with Gasteiger partial charge in [0.1, 0.15) is 0 Å². The summed E-state index contributed by atoms with van der Waals surface area (Å²) in [5.41, 5.74) is 0. The molecule has 0 bridgehead atoms. The van der Waals surface area contributed by atoms with Crippen LogP contribution >= 0.6 is 24.8 Å². The van der Waals surface area contributed by atoms with Crippen LogP contribution in [0.25, 0.3) is 0 Å². The quantitative estimate of drug-likeness (QED) is 0.916. The molecule has 1 aliphatic rings. The van der Waals surface area contributed by atoms with Gasteiger partial charge in [0.2, 0.25) is 5.91 Å². The number of carbonyl (C=O) groups is 1. The zero-order valence-electron chi connectivity index (χ0n) is 11.3. The van der Waals surface area contributed by atoms with Crippen LogP contribution in [0.15, 0.2) is 18.7 Å². The van der Waals surface area contributed by atoms with Crippen molar-refractivity contribution in [1.82, 2.24) is 19.8 Å². The number of imidazole rings is 1. The van der Waals surface area contributed by atoms with Crippen LogP contribution in [0.4, 0.5) is 0 Å². The normalized spacial score (nSPS) is 22.3. The number of carbonyl (C=O) groups excluding carboxylic acids is 1. The lowest BCUT2D eigenvalue weighted by molar-refractivity contribution is -0.133. The molecule has 0 aromatic carbocycles. The van der Waals surface area contributed by atoms with E-state index in [0.29, 0.717) is 25.0 Å². The van der Waals surface area contributed by atoms with Gasteiger partial charge in [0, 0.05) is 50.5 Å². The third kappa shape index (κ3) is 5.38. The molecule has 19 heavy (non-hydrogen) atoms. The van der Waals surface area contributed by atoms with Crippen molar-refractivity contribution < 1.29 is 4.79 Å². The molecule has 1 fully saturated rings. The molecule has 1 aliphatic heterocycles. The number of nitrogens with zero attached hydrogens (tertiary/aromatic N) is 3. The van der Waals surface area contributed by atoms with E-state index < -0.39 is 0 Å². The molecule has 2 heterocycles. The molecule has 1 aromatic heterocycles. The van der Waals surface area contributed by atoms with Crippen LogP contribution in [0.1, 0.15) is 20.3 Å². The fourth-order valence-electron chi connectivity index (χ4n) is 2.33. The van der Waals surface area contributed by atoms with Crippen LogP contribution in [0, 0.1) is 0 Å². The number of amides is 1. The molecular weight excluding hydrogens is 287 g/mol. The van der Waals surface area contributed by atoms with Gasteiger partial charge in [-0.3, -0.25) is 4.79 Å². The second kappa shape index (κ2) is 8.40. The maximum absolute atomic E-state index is 12.0. The lowest BCUT2D eigenvalue weighted by atomic mass is 10.1. The predicted molar refractivity (Wildman–Crippen MR) is 80.0 cm³/mol. The van der Waals surface area contributed by atoms with E-state index in [1.165, 1.54) is 0 Å². The van der Waals surface area contributed by atoms with Crippen LogP contribution in [0.5, 0.6) is 0 Å². The minimum Gasteiger partial charge on any atom is -0.340 e. The molecule has 0 saturated carbocycles. The highest BCUT2D eigenvalue weighted by molar-refractivity contribution is 5.85. The summed E-state index contributed by atoms with van der Waals surface area (Å²) in [4.78, 5) is 18.0. The first-order valence-corrected chi connectivity index (χ1v) is 6.14. The Morgan fingerprint density at radius 2 is 1.95 bits per heavy atom. The molecule has 110 valence electrons. The Hall–Kier alpha value is -0.780. The third-order valence-corrected chi connectivity index (χ3v) is 3.05. The van der Waals surface area contributed by atoms with Crippen molar-refractivity contribution in [2.24, 2.45) is 0 Å². The van der Waals surface area contributed by atoms with Gasteiger partial charge in [0.15, 0.2) is 0 Å². The second-order valence-corrected chi connectivity index (χ2v) is 4.82. The van der Waals surface area contributed by atoms with Crippen molar-refractivity contribution in [2.45, 2.75) is 38.9 Å². The summed E-state index contributed by atoms with van der Waals surface area (Å²) in [6, 6.07) is 0.770. The van der Waals surface area contributed by atoms with E-state index in [-0.39, 0.29) is 30.7 Å². The number of piperazine rings is 1. The van der Waals surface area contributed by atoms with Crippen molar-refractivity contribution in [3.8, 4) is 0 Å². The molecule has 5 nitrogen and oxygen atoms in total. The lowest BCUT2D eigenvalue weighted by Crippen LogP contribution is -2.55. The van der Waals surface area contributed by atoms with Gasteiger partial charge < -0.3 is 14.8 Å². The summed E-state index contributed by atoms with van der Waals surface area (Å²) in [6.07, 6.45) is 5.92. The van der Waals surface area contributed by atoms with Crippen LogP contribution in [-0.4, -0.2) is 45.5 Å². The Balaban J connectivity index is 0.00000162. The summed E-state index contributed by atoms with van der Waals surface area (Å²) < 4.78 is 1.94. The van der Waals surface area contributed by atoms with E-state index in [4.69, 9.17) is 0 Å². The van der Waals surface area contributed by atoms with E-state index in [2.05, 4.69) is 24.1 Å². The molecule has 2 atom stereocenters. The number of aryl methyl sites for hydroxylation is 1. The van der Waals surface area contributed by atoms with Crippen LogP contribution in [0.3, 0.4) is 0 Å². The van der Waals surface area contributed by atoms with Crippen LogP contribution in [0.2, 0.25) is 0 Å². The van der Waals surface area contributed by atoms with Gasteiger partial charge in [0.25, 0.3) is 0 Å². The first kappa shape index (κ1) is 18.2. The zero-order chi connectivity index (χ0) is 12.3. The number of aromatic nitrogens is 2. The molecule has 1 amide bonds. The van der Waals surface area contributed by atoms with E-state index in [9.17, 15) is 4.79 Å². The minimum atomic E-state index is 0. The van der Waals surface area contributed by atoms with E-state index in [1.807, 2.05) is 15.7 Å². The second-order valence-electron chi connectivity index (χ2n) is 4.82. The van der Waals surface area contributed by atoms with E-state index >= 15 is 0 Å². The van der Waals surface area contributed by atoms with Gasteiger partial charge in [-0.15, -0.1) is 24.8 Å². The highest BCUT2D eigenvalue weighted by Gasteiger charge is 2.24. The fraction of sp³-hybridized carbons (Fsp3) is 0.667. The monoisotopic (exact) mass is 308 g/mol. The van der Waals surface area contributed by atoms with Gasteiger partial charge >= 0.3 is 0 Å². The Morgan fingerprint density at radius 3 is 2.47 bits per heavy atom. The number of nitrogens with one attached hydrogen (secondary N) is 1. The topological polar surface area (TPSA) is 50.2 Å². The Morgan fingerprint density at radius 1 is 1.32 bits per heavy atom. The summed E-state index contributed by atoms with van der Waals surface area (Å²) in [6.45, 7) is 6.57. The summed E-state index contributed by atoms with van der Waals surface area (Å²) in [7, 11) is 0. The van der Waals surface area contributed by atoms with Crippen molar-refractivity contribution in [3.63, 3.8) is 0 Å². The third-order valence-electron chi connectivity index (χ3n) is 3.05. The van der Waals surface area contributed by atoms with Crippen molar-refractivity contribution in [2.75, 3.05) is 13.1 Å². The van der Waals surface area contributed by atoms with Gasteiger partial charge in [-0.2, -0.15) is 0 Å². The molecule has 2 rings (SSSR count). The largest absolute Gasteiger partial charge is 0.340 e. The average molecular weight is 309 g/mol. The summed E-state index contributed by atoms with van der Waals surface area (Å²) >= 11 is 0. The Kier molecular flexibility index (Phi) is 8.06. The zero-order valence-corrected chi connectivity index (χ0v) is 12.9. The maximum atomic E-state index is 12.0. The van der Waals surface area contributed by atoms with Gasteiger partial charge in [0.05, 0.1) is 6.33 Å². The standard InChI is InChI=1S/C12H20N4O.2ClH/c1-10-7-16(8-11(2)14-10)12(17)3-5-15-6-4-13-9-15;;/h4,6,9-11,14H,3,5,7-8H2,1-2H3;2*1H. The molecule has 7 heteroatoms. The maximum Gasteiger partial charge on any atom is 0.224 e. The molecule has 0 spiro atoms. The number of halogens is 2. The molecule has 2 unspecified atom stereocenters. The lowest BCUT2D eigenvalue weighted by Gasteiger charge is -2.36. The number of hydrogen-bond acceptors (Lipinski definition) is 3. The Bertz CT molecular complexity index is 362. The number of hydrogen-bond donors (Lipinski definition) is 1. The molecule has 0 aliphatic carbocycles. The molecule has 0 radical (unpaired) electrons. The first-order chi connectivity index (χ1) is 8.15. The predicted octanol–water partition coefficient (Wildman–Crippen LogP) is 1.33. The fourth-order valence-corrected chi connectivity index (χ4v) is 2.33. The summed E-state index contributed by atoms with van der Waals surface area (Å²) in [5, 5.41) is 3.42. The van der Waals surface area contributed by atoms with Crippen molar-refractivity contribution in [3.05, 3.63) is 18.7 Å². The molecular formula is C12H22Cl2N4O. The van der Waals surface area contributed by atoms with Crippen molar-refractivity contribution in [1.29, 1.82) is 0 Å². The highest BCUT2D eigenvalue weighted by atomic mass is 35.5.